The van der Waals surface area contributed by atoms with E-state index in [9.17, 15) is 18.0 Å². The number of fused-ring (bicyclic) bond motifs is 1. The topological polar surface area (TPSA) is 84.6 Å². The molecule has 2 aromatic carbocycles. The lowest BCUT2D eigenvalue weighted by molar-refractivity contribution is -0.146. The molecular formula is C25H23F3N6O2. The van der Waals surface area contributed by atoms with E-state index in [4.69, 9.17) is 4.74 Å². The van der Waals surface area contributed by atoms with Crippen molar-refractivity contribution >= 4 is 23.1 Å². The molecule has 0 atom stereocenters. The Hall–Kier alpha value is -4.15. The average molecular weight is 496 g/mol. The minimum absolute atomic E-state index is 0.0248. The molecule has 1 amide bonds. The van der Waals surface area contributed by atoms with Crippen LogP contribution in [0.3, 0.4) is 0 Å². The van der Waals surface area contributed by atoms with Gasteiger partial charge in [-0.05, 0) is 54.8 Å². The molecule has 1 fully saturated rings. The van der Waals surface area contributed by atoms with E-state index in [-0.39, 0.29) is 17.5 Å². The van der Waals surface area contributed by atoms with Crippen molar-refractivity contribution in [2.24, 2.45) is 5.92 Å². The minimum atomic E-state index is -4.65. The predicted molar refractivity (Wildman–Crippen MR) is 127 cm³/mol. The van der Waals surface area contributed by atoms with Crippen LogP contribution in [0, 0.1) is 5.92 Å². The summed E-state index contributed by atoms with van der Waals surface area (Å²) in [6.07, 6.45) is -3.54. The number of piperidine rings is 1. The SMILES string of the molecule is O=C(Nc1ccc(OCc2ccccc2)cc1)C1CCN(c2ccc3nnc(C(F)(F)F)n3n2)CC1. The number of ether oxygens (including phenoxy) is 1. The summed E-state index contributed by atoms with van der Waals surface area (Å²) in [6, 6.07) is 20.1. The number of amides is 1. The fourth-order valence-electron chi connectivity index (χ4n) is 4.12. The van der Waals surface area contributed by atoms with Crippen LogP contribution in [0.4, 0.5) is 24.7 Å². The highest BCUT2D eigenvalue weighted by Gasteiger charge is 2.38. The predicted octanol–water partition coefficient (Wildman–Crippen LogP) is 4.58. The zero-order valence-corrected chi connectivity index (χ0v) is 19.2. The van der Waals surface area contributed by atoms with Gasteiger partial charge in [0.1, 0.15) is 18.2 Å². The van der Waals surface area contributed by atoms with E-state index in [2.05, 4.69) is 20.6 Å². The lowest BCUT2D eigenvalue weighted by Gasteiger charge is -2.32. The summed E-state index contributed by atoms with van der Waals surface area (Å²) >= 11 is 0. The van der Waals surface area contributed by atoms with Gasteiger partial charge in [-0.15, -0.1) is 15.3 Å². The number of carbonyl (C=O) groups is 1. The van der Waals surface area contributed by atoms with Gasteiger partial charge < -0.3 is 15.0 Å². The Morgan fingerprint density at radius 2 is 1.69 bits per heavy atom. The number of aromatic nitrogens is 4. The van der Waals surface area contributed by atoms with E-state index in [1.54, 1.807) is 18.2 Å². The summed E-state index contributed by atoms with van der Waals surface area (Å²) in [5.74, 6) is -0.368. The minimum Gasteiger partial charge on any atom is -0.489 e. The van der Waals surface area contributed by atoms with Gasteiger partial charge in [0, 0.05) is 24.7 Å². The Labute approximate surface area is 204 Å². The number of anilines is 2. The molecule has 1 saturated heterocycles. The summed E-state index contributed by atoms with van der Waals surface area (Å²) in [6.45, 7) is 1.44. The number of benzene rings is 2. The molecular weight excluding hydrogens is 473 g/mol. The molecule has 1 N–H and O–H groups in total. The quantitative estimate of drug-likeness (QED) is 0.421. The van der Waals surface area contributed by atoms with Gasteiger partial charge in [-0.25, -0.2) is 0 Å². The molecule has 0 spiro atoms. The Kier molecular flexibility index (Phi) is 6.45. The van der Waals surface area contributed by atoms with Gasteiger partial charge in [0.25, 0.3) is 5.82 Å². The zero-order valence-electron chi connectivity index (χ0n) is 19.2. The first-order valence-electron chi connectivity index (χ1n) is 11.5. The monoisotopic (exact) mass is 496 g/mol. The van der Waals surface area contributed by atoms with Gasteiger partial charge in [-0.2, -0.15) is 17.7 Å². The molecule has 3 heterocycles. The van der Waals surface area contributed by atoms with Gasteiger partial charge in [-0.1, -0.05) is 30.3 Å². The van der Waals surface area contributed by atoms with E-state index in [1.165, 1.54) is 6.07 Å². The van der Waals surface area contributed by atoms with Crippen molar-refractivity contribution < 1.29 is 22.7 Å². The molecule has 0 aliphatic carbocycles. The molecule has 1 aliphatic heterocycles. The second-order valence-electron chi connectivity index (χ2n) is 8.53. The molecule has 1 aliphatic rings. The number of carbonyl (C=O) groups excluding carboxylic acids is 1. The van der Waals surface area contributed by atoms with Crippen molar-refractivity contribution in [3.05, 3.63) is 78.1 Å². The molecule has 4 aromatic rings. The average Bonchev–Trinajstić information content (AvgIpc) is 3.33. The molecule has 0 unspecified atom stereocenters. The van der Waals surface area contributed by atoms with Crippen molar-refractivity contribution in [2.75, 3.05) is 23.3 Å². The lowest BCUT2D eigenvalue weighted by atomic mass is 9.96. The fraction of sp³-hybridized carbons (Fsp3) is 0.280. The Bertz CT molecular complexity index is 1330. The van der Waals surface area contributed by atoms with Crippen LogP contribution < -0.4 is 15.0 Å². The molecule has 11 heteroatoms. The van der Waals surface area contributed by atoms with Crippen LogP contribution in [0.25, 0.3) is 5.65 Å². The van der Waals surface area contributed by atoms with Crippen LogP contribution in [0.15, 0.2) is 66.7 Å². The molecule has 8 nitrogen and oxygen atoms in total. The maximum absolute atomic E-state index is 13.1. The summed E-state index contributed by atoms with van der Waals surface area (Å²) in [7, 11) is 0. The lowest BCUT2D eigenvalue weighted by Crippen LogP contribution is -2.38. The maximum Gasteiger partial charge on any atom is 0.453 e. The van der Waals surface area contributed by atoms with E-state index >= 15 is 0 Å². The number of hydrogen-bond acceptors (Lipinski definition) is 6. The van der Waals surface area contributed by atoms with Crippen LogP contribution in [-0.2, 0) is 17.6 Å². The number of nitrogens with one attached hydrogen (secondary N) is 1. The number of alkyl halides is 3. The highest BCUT2D eigenvalue weighted by Crippen LogP contribution is 2.29. The van der Waals surface area contributed by atoms with E-state index in [1.807, 2.05) is 47.4 Å². The van der Waals surface area contributed by atoms with Crippen LogP contribution in [0.2, 0.25) is 0 Å². The summed E-state index contributed by atoms with van der Waals surface area (Å²) < 4.78 is 45.9. The number of hydrogen-bond donors (Lipinski definition) is 1. The number of nitrogens with zero attached hydrogens (tertiary/aromatic N) is 5. The van der Waals surface area contributed by atoms with Crippen LogP contribution in [0.1, 0.15) is 24.2 Å². The zero-order chi connectivity index (χ0) is 25.1. The number of halogens is 3. The Morgan fingerprint density at radius 3 is 2.39 bits per heavy atom. The molecule has 186 valence electrons. The van der Waals surface area contributed by atoms with E-state index < -0.39 is 12.0 Å². The summed E-state index contributed by atoms with van der Waals surface area (Å²) in [4.78, 5) is 14.6. The van der Waals surface area contributed by atoms with Crippen molar-refractivity contribution in [3.63, 3.8) is 0 Å². The Balaban J connectivity index is 1.15. The molecule has 0 saturated carbocycles. The molecule has 0 radical (unpaired) electrons. The van der Waals surface area contributed by atoms with Crippen LogP contribution in [-0.4, -0.2) is 38.8 Å². The molecule has 5 rings (SSSR count). The largest absolute Gasteiger partial charge is 0.489 e. The van der Waals surface area contributed by atoms with Crippen LogP contribution in [0.5, 0.6) is 5.75 Å². The second kappa shape index (κ2) is 9.84. The van der Waals surface area contributed by atoms with Crippen LogP contribution >= 0.6 is 0 Å². The molecule has 36 heavy (non-hydrogen) atoms. The fourth-order valence-corrected chi connectivity index (χ4v) is 4.12. The van der Waals surface area contributed by atoms with Crippen molar-refractivity contribution in [3.8, 4) is 5.75 Å². The first-order valence-corrected chi connectivity index (χ1v) is 11.5. The van der Waals surface area contributed by atoms with E-state index in [0.717, 1.165) is 5.56 Å². The summed E-state index contributed by atoms with van der Waals surface area (Å²) in [5, 5.41) is 13.8. The third kappa shape index (κ3) is 5.24. The highest BCUT2D eigenvalue weighted by molar-refractivity contribution is 5.92. The van der Waals surface area contributed by atoms with Gasteiger partial charge in [-0.3, -0.25) is 4.79 Å². The van der Waals surface area contributed by atoms with Crippen molar-refractivity contribution in [1.82, 2.24) is 19.8 Å². The van der Waals surface area contributed by atoms with Crippen molar-refractivity contribution in [1.29, 1.82) is 0 Å². The third-order valence-electron chi connectivity index (χ3n) is 6.06. The number of rotatable bonds is 6. The molecule has 2 aromatic heterocycles. The maximum atomic E-state index is 13.1. The summed E-state index contributed by atoms with van der Waals surface area (Å²) in [5.41, 5.74) is 1.77. The smallest absolute Gasteiger partial charge is 0.453 e. The van der Waals surface area contributed by atoms with Gasteiger partial charge >= 0.3 is 6.18 Å². The normalized spacial score (nSPS) is 14.7. The van der Waals surface area contributed by atoms with Crippen molar-refractivity contribution in [2.45, 2.75) is 25.6 Å². The highest BCUT2D eigenvalue weighted by atomic mass is 19.4. The van der Waals surface area contributed by atoms with Gasteiger partial charge in [0.2, 0.25) is 5.91 Å². The molecule has 0 bridgehead atoms. The van der Waals surface area contributed by atoms with Gasteiger partial charge in [0.05, 0.1) is 0 Å². The standard InChI is InChI=1S/C25H23F3N6O2/c26-25(27,28)24-31-30-21-10-11-22(32-34(21)24)33-14-12-18(13-15-33)23(35)29-19-6-8-20(9-7-19)36-16-17-4-2-1-3-5-17/h1-11,18H,12-16H2,(H,29,35). The Morgan fingerprint density at radius 1 is 0.972 bits per heavy atom. The second-order valence-corrected chi connectivity index (χ2v) is 8.53. The third-order valence-corrected chi connectivity index (χ3v) is 6.06. The first kappa shape index (κ1) is 23.6. The van der Waals surface area contributed by atoms with Gasteiger partial charge in [0.15, 0.2) is 5.65 Å². The first-order chi connectivity index (χ1) is 17.4. The van der Waals surface area contributed by atoms with E-state index in [0.29, 0.717) is 54.3 Å².